The quantitative estimate of drug-likeness (QED) is 0.529. The van der Waals surface area contributed by atoms with Crippen LogP contribution in [0.1, 0.15) is 46.0 Å². The normalized spacial score (nSPS) is 10.7. The highest BCUT2D eigenvalue weighted by molar-refractivity contribution is 4.57. The predicted octanol–water partition coefficient (Wildman–Crippen LogP) is 3.18. The van der Waals surface area contributed by atoms with Gasteiger partial charge in [0.25, 0.3) is 0 Å². The first-order chi connectivity index (χ1) is 4.35. The Kier molecular flexibility index (Phi) is 6.12. The van der Waals surface area contributed by atoms with E-state index in [1.54, 1.807) is 0 Å². The van der Waals surface area contributed by atoms with Gasteiger partial charge in [0.15, 0.2) is 0 Å². The summed E-state index contributed by atoms with van der Waals surface area (Å²) in [6, 6.07) is 0. The molecule has 1 atom stereocenters. The Morgan fingerprint density at radius 1 is 1.33 bits per heavy atom. The van der Waals surface area contributed by atoms with Gasteiger partial charge in [-0.15, -0.1) is 0 Å². The second-order valence-corrected chi connectivity index (χ2v) is 2.62. The van der Waals surface area contributed by atoms with Crippen LogP contribution in [-0.2, 0) is 0 Å². The first-order valence-electron chi connectivity index (χ1n) is 3.99. The van der Waals surface area contributed by atoms with Crippen LogP contribution in [0, 0.1) is 12.8 Å². The molecule has 0 aromatic heterocycles. The lowest BCUT2D eigenvalue weighted by Gasteiger charge is -2.09. The molecule has 0 fully saturated rings. The number of unbranched alkanes of at least 4 members (excludes halogenated alkanes) is 1. The minimum absolute atomic E-state index is 0.622. The van der Waals surface area contributed by atoms with E-state index >= 15 is 0 Å². The molecule has 0 N–H and O–H groups in total. The van der Waals surface area contributed by atoms with Gasteiger partial charge in [0.05, 0.1) is 0 Å². The highest BCUT2D eigenvalue weighted by Gasteiger charge is 2.00. The van der Waals surface area contributed by atoms with Crippen LogP contribution in [-0.4, -0.2) is 0 Å². The van der Waals surface area contributed by atoms with Crippen LogP contribution >= 0.6 is 0 Å². The average molecular weight is 125 g/mol. The average Bonchev–Trinajstić information content (AvgIpc) is 1.91. The van der Waals surface area contributed by atoms with Crippen molar-refractivity contribution in [2.45, 2.75) is 46.0 Å². The van der Waals surface area contributed by atoms with Crippen molar-refractivity contribution >= 4 is 0 Å². The van der Waals surface area contributed by atoms with E-state index in [0.29, 0.717) is 12.3 Å². The zero-order valence-electron chi connectivity index (χ0n) is 6.61. The molecule has 0 heterocycles. The first kappa shape index (κ1) is 9.00. The fourth-order valence-electron chi connectivity index (χ4n) is 0.943. The predicted molar refractivity (Wildman–Crippen MR) is 41.2 cm³/mol. The number of rotatable bonds is 5. The largest absolute Gasteiger partial charge is 0.0654 e. The molecule has 0 bridgehead atoms. The summed E-state index contributed by atoms with van der Waals surface area (Å²) in [7, 11) is 0. The third-order valence-electron chi connectivity index (χ3n) is 1.83. The van der Waals surface area contributed by atoms with Gasteiger partial charge in [0.1, 0.15) is 0 Å². The van der Waals surface area contributed by atoms with E-state index in [1.807, 2.05) is 0 Å². The minimum atomic E-state index is 0.622. The van der Waals surface area contributed by atoms with Gasteiger partial charge in [-0.2, -0.15) is 0 Å². The topological polar surface area (TPSA) is 0 Å². The van der Waals surface area contributed by atoms with Crippen LogP contribution in [0.25, 0.3) is 0 Å². The molecule has 53 valence electrons. The van der Waals surface area contributed by atoms with Crippen molar-refractivity contribution in [2.75, 3.05) is 0 Å². The molecule has 0 saturated carbocycles. The Balaban J connectivity index is 3.09. The second-order valence-electron chi connectivity index (χ2n) is 2.62. The molecule has 0 aromatic rings. The summed E-state index contributed by atoms with van der Waals surface area (Å²) in [5, 5.41) is 0. The van der Waals surface area contributed by atoms with Gasteiger partial charge in [0.2, 0.25) is 0 Å². The van der Waals surface area contributed by atoms with Crippen molar-refractivity contribution in [1.82, 2.24) is 0 Å². The fraction of sp³-hybridized carbons (Fsp3) is 0.889. The number of hydrogen-bond donors (Lipinski definition) is 0. The standard InChI is InChI=1S/C9H17/c1-4-7-8-9(5-2)6-3/h9H,4-8H2,1-2H3. The van der Waals surface area contributed by atoms with Crippen molar-refractivity contribution in [3.8, 4) is 0 Å². The molecule has 0 heteroatoms. The Hall–Kier alpha value is 0. The van der Waals surface area contributed by atoms with Gasteiger partial charge in [-0.25, -0.2) is 0 Å². The van der Waals surface area contributed by atoms with Gasteiger partial charge >= 0.3 is 0 Å². The molecular weight excluding hydrogens is 108 g/mol. The first-order valence-corrected chi connectivity index (χ1v) is 3.99. The van der Waals surface area contributed by atoms with E-state index in [2.05, 4.69) is 13.8 Å². The van der Waals surface area contributed by atoms with Gasteiger partial charge in [-0.3, -0.25) is 0 Å². The van der Waals surface area contributed by atoms with Crippen LogP contribution in [0.3, 0.4) is 0 Å². The maximum absolute atomic E-state index is 7.14. The number of hydrogen-bond acceptors (Lipinski definition) is 0. The maximum Gasteiger partial charge on any atom is -0.00907 e. The molecule has 0 aliphatic heterocycles. The van der Waals surface area contributed by atoms with Crippen molar-refractivity contribution in [3.05, 3.63) is 6.92 Å². The maximum atomic E-state index is 7.14. The lowest BCUT2D eigenvalue weighted by atomic mass is 9.97. The molecule has 0 nitrogen and oxygen atoms in total. The summed E-state index contributed by atoms with van der Waals surface area (Å²) < 4.78 is 0. The van der Waals surface area contributed by atoms with E-state index in [4.69, 9.17) is 6.92 Å². The summed E-state index contributed by atoms with van der Waals surface area (Å²) in [5.74, 6) is 0.671. The fourth-order valence-corrected chi connectivity index (χ4v) is 0.943. The molecule has 0 aliphatic rings. The smallest absolute Gasteiger partial charge is 0.00907 e. The van der Waals surface area contributed by atoms with Gasteiger partial charge in [-0.05, 0) is 19.3 Å². The Morgan fingerprint density at radius 2 is 2.00 bits per heavy atom. The summed E-state index contributed by atoms with van der Waals surface area (Å²) in [6.07, 6.45) is 5.64. The van der Waals surface area contributed by atoms with Gasteiger partial charge in [-0.1, -0.05) is 39.5 Å². The second kappa shape index (κ2) is 6.12. The zero-order chi connectivity index (χ0) is 7.11. The van der Waals surface area contributed by atoms with Crippen LogP contribution in [0.15, 0.2) is 0 Å². The lowest BCUT2D eigenvalue weighted by molar-refractivity contribution is 0.455. The van der Waals surface area contributed by atoms with Gasteiger partial charge in [0, 0.05) is 0 Å². The van der Waals surface area contributed by atoms with E-state index in [1.165, 1.54) is 25.7 Å². The molecule has 0 spiro atoms. The zero-order valence-corrected chi connectivity index (χ0v) is 6.61. The van der Waals surface area contributed by atoms with E-state index in [-0.39, 0.29) is 0 Å². The molecule has 0 rings (SSSR count). The van der Waals surface area contributed by atoms with Crippen molar-refractivity contribution < 1.29 is 0 Å². The van der Waals surface area contributed by atoms with Crippen LogP contribution in [0.2, 0.25) is 0 Å². The third-order valence-corrected chi connectivity index (χ3v) is 1.83. The van der Waals surface area contributed by atoms with E-state index < -0.39 is 0 Å². The molecule has 3 radical (unpaired) electrons. The molecule has 9 heavy (non-hydrogen) atoms. The van der Waals surface area contributed by atoms with E-state index in [9.17, 15) is 0 Å². The molecule has 0 aliphatic carbocycles. The summed E-state index contributed by atoms with van der Waals surface area (Å²) in [6.45, 7) is 11.5. The van der Waals surface area contributed by atoms with Crippen molar-refractivity contribution in [3.63, 3.8) is 0 Å². The monoisotopic (exact) mass is 125 g/mol. The lowest BCUT2D eigenvalue weighted by Crippen LogP contribution is -1.95. The third kappa shape index (κ3) is 4.50. The Bertz CT molecular complexity index is 44.0. The summed E-state index contributed by atoms with van der Waals surface area (Å²) in [5.41, 5.74) is 0. The van der Waals surface area contributed by atoms with E-state index in [0.717, 1.165) is 0 Å². The summed E-state index contributed by atoms with van der Waals surface area (Å²) >= 11 is 0. The van der Waals surface area contributed by atoms with Crippen LogP contribution in [0.5, 0.6) is 0 Å². The highest BCUT2D eigenvalue weighted by atomic mass is 14.1. The SMILES string of the molecule is [C]CC(CC)CCCC. The van der Waals surface area contributed by atoms with Crippen LogP contribution in [0.4, 0.5) is 0 Å². The van der Waals surface area contributed by atoms with Crippen LogP contribution < -0.4 is 0 Å². The molecular formula is C9H17. The summed E-state index contributed by atoms with van der Waals surface area (Å²) in [4.78, 5) is 0. The molecule has 0 amide bonds. The molecule has 0 aromatic carbocycles. The van der Waals surface area contributed by atoms with Crippen molar-refractivity contribution in [2.24, 2.45) is 5.92 Å². The molecule has 1 unspecified atom stereocenters. The molecule has 0 saturated heterocycles. The Labute approximate surface area is 59.7 Å². The minimum Gasteiger partial charge on any atom is -0.0654 e. The van der Waals surface area contributed by atoms with Gasteiger partial charge < -0.3 is 0 Å². The Morgan fingerprint density at radius 3 is 2.33 bits per heavy atom. The highest BCUT2D eigenvalue weighted by Crippen LogP contribution is 2.14. The van der Waals surface area contributed by atoms with Crippen molar-refractivity contribution in [1.29, 1.82) is 0 Å².